The summed E-state index contributed by atoms with van der Waals surface area (Å²) in [6.07, 6.45) is 2.79. The number of rotatable bonds is 7. The van der Waals surface area contributed by atoms with E-state index in [1.165, 1.54) is 0 Å². The highest BCUT2D eigenvalue weighted by Gasteiger charge is 2.30. The number of carbonyl (C=O) groups excluding carboxylic acids is 2. The van der Waals surface area contributed by atoms with Gasteiger partial charge in [-0.25, -0.2) is 4.98 Å². The number of hydrogen-bond donors (Lipinski definition) is 3. The minimum Gasteiger partial charge on any atom is -0.372 e. The van der Waals surface area contributed by atoms with Gasteiger partial charge in [-0.05, 0) is 43.3 Å². The van der Waals surface area contributed by atoms with Crippen LogP contribution in [0, 0.1) is 0 Å². The van der Waals surface area contributed by atoms with E-state index in [4.69, 9.17) is 5.73 Å². The molecule has 0 saturated carbocycles. The number of nitrogens with zero attached hydrogens (tertiary/aromatic N) is 4. The third-order valence-corrected chi connectivity index (χ3v) is 5.91. The molecule has 1 aliphatic rings. The Balaban J connectivity index is 1.56. The van der Waals surface area contributed by atoms with Crippen molar-refractivity contribution in [3.05, 3.63) is 42.6 Å². The highest BCUT2D eigenvalue weighted by molar-refractivity contribution is 5.95. The zero-order chi connectivity index (χ0) is 22.7. The second-order valence-electron chi connectivity index (χ2n) is 7.91. The molecule has 168 valence electrons. The second kappa shape index (κ2) is 9.27. The van der Waals surface area contributed by atoms with Gasteiger partial charge in [0.15, 0.2) is 5.82 Å². The van der Waals surface area contributed by atoms with Crippen LogP contribution in [0.2, 0.25) is 0 Å². The highest BCUT2D eigenvalue weighted by Crippen LogP contribution is 2.31. The number of aldehydes is 1. The molecule has 1 fully saturated rings. The van der Waals surface area contributed by atoms with Gasteiger partial charge in [0.05, 0.1) is 12.2 Å². The SMILES string of the molecule is CCN(C)c1cccnc1N1CCN(c2cc3cc(NC(=O)CN)ccc3[nH]2)C(C=O)C1. The van der Waals surface area contributed by atoms with Gasteiger partial charge in [0.2, 0.25) is 5.91 Å². The first kappa shape index (κ1) is 21.6. The Morgan fingerprint density at radius 1 is 1.34 bits per heavy atom. The first-order chi connectivity index (χ1) is 15.5. The Labute approximate surface area is 187 Å². The zero-order valence-corrected chi connectivity index (χ0v) is 18.4. The Morgan fingerprint density at radius 2 is 2.19 bits per heavy atom. The lowest BCUT2D eigenvalue weighted by Gasteiger charge is -2.41. The van der Waals surface area contributed by atoms with Crippen LogP contribution in [0.15, 0.2) is 42.6 Å². The molecule has 9 heteroatoms. The number of aromatic amines is 1. The van der Waals surface area contributed by atoms with E-state index in [-0.39, 0.29) is 18.5 Å². The van der Waals surface area contributed by atoms with E-state index in [1.54, 1.807) is 6.20 Å². The van der Waals surface area contributed by atoms with Gasteiger partial charge >= 0.3 is 0 Å². The van der Waals surface area contributed by atoms with Gasteiger partial charge in [-0.3, -0.25) is 4.79 Å². The van der Waals surface area contributed by atoms with Crippen molar-refractivity contribution < 1.29 is 9.59 Å². The molecule has 0 spiro atoms. The van der Waals surface area contributed by atoms with Crippen LogP contribution in [-0.2, 0) is 9.59 Å². The topological polar surface area (TPSA) is 111 Å². The molecule has 1 saturated heterocycles. The molecule has 4 rings (SSSR count). The van der Waals surface area contributed by atoms with Gasteiger partial charge in [0.25, 0.3) is 0 Å². The van der Waals surface area contributed by atoms with Crippen molar-refractivity contribution >= 4 is 46.1 Å². The van der Waals surface area contributed by atoms with Crippen LogP contribution in [0.1, 0.15) is 6.92 Å². The van der Waals surface area contributed by atoms with Gasteiger partial charge in [0.1, 0.15) is 18.1 Å². The molecule has 32 heavy (non-hydrogen) atoms. The molecular weight excluding hydrogens is 406 g/mol. The fraction of sp³-hybridized carbons (Fsp3) is 0.348. The smallest absolute Gasteiger partial charge is 0.238 e. The molecule has 1 aromatic carbocycles. The van der Waals surface area contributed by atoms with E-state index in [2.05, 4.69) is 43.0 Å². The van der Waals surface area contributed by atoms with Crippen molar-refractivity contribution in [1.29, 1.82) is 0 Å². The Kier molecular flexibility index (Phi) is 6.27. The van der Waals surface area contributed by atoms with Crippen LogP contribution in [-0.4, -0.2) is 68.0 Å². The first-order valence-corrected chi connectivity index (χ1v) is 10.8. The summed E-state index contributed by atoms with van der Waals surface area (Å²) in [4.78, 5) is 38.1. The molecule has 1 unspecified atom stereocenters. The summed E-state index contributed by atoms with van der Waals surface area (Å²) in [6, 6.07) is 11.3. The number of nitrogens with two attached hydrogens (primary N) is 1. The monoisotopic (exact) mass is 435 g/mol. The van der Waals surface area contributed by atoms with Crippen LogP contribution in [0.4, 0.5) is 23.0 Å². The van der Waals surface area contributed by atoms with Crippen molar-refractivity contribution in [3.8, 4) is 0 Å². The average molecular weight is 436 g/mol. The Hall–Kier alpha value is -3.59. The number of fused-ring (bicyclic) bond motifs is 1. The minimum atomic E-state index is -0.310. The second-order valence-corrected chi connectivity index (χ2v) is 7.91. The molecule has 3 heterocycles. The number of benzene rings is 1. The molecule has 0 bridgehead atoms. The summed E-state index contributed by atoms with van der Waals surface area (Å²) < 4.78 is 0. The molecule has 1 atom stereocenters. The number of pyridine rings is 1. The number of hydrogen-bond acceptors (Lipinski definition) is 7. The van der Waals surface area contributed by atoms with Crippen LogP contribution >= 0.6 is 0 Å². The van der Waals surface area contributed by atoms with E-state index in [0.717, 1.165) is 47.6 Å². The molecular formula is C23H29N7O2. The van der Waals surface area contributed by atoms with Gasteiger partial charge in [-0.2, -0.15) is 0 Å². The van der Waals surface area contributed by atoms with Crippen LogP contribution in [0.3, 0.4) is 0 Å². The largest absolute Gasteiger partial charge is 0.372 e. The molecule has 0 radical (unpaired) electrons. The quantitative estimate of drug-likeness (QED) is 0.486. The third kappa shape index (κ3) is 4.24. The maximum Gasteiger partial charge on any atom is 0.238 e. The lowest BCUT2D eigenvalue weighted by Crippen LogP contribution is -2.54. The van der Waals surface area contributed by atoms with E-state index in [0.29, 0.717) is 18.8 Å². The van der Waals surface area contributed by atoms with Crippen LogP contribution in [0.5, 0.6) is 0 Å². The maximum absolute atomic E-state index is 12.0. The van der Waals surface area contributed by atoms with E-state index >= 15 is 0 Å². The number of amides is 1. The predicted molar refractivity (Wildman–Crippen MR) is 129 cm³/mol. The van der Waals surface area contributed by atoms with Crippen LogP contribution < -0.4 is 25.8 Å². The summed E-state index contributed by atoms with van der Waals surface area (Å²) in [5, 5.41) is 3.73. The van der Waals surface area contributed by atoms with Crippen molar-refractivity contribution in [2.24, 2.45) is 5.73 Å². The number of aromatic nitrogens is 2. The molecule has 0 aliphatic carbocycles. The van der Waals surface area contributed by atoms with Gasteiger partial charge in [-0.15, -0.1) is 0 Å². The Morgan fingerprint density at radius 3 is 2.94 bits per heavy atom. The van der Waals surface area contributed by atoms with Gasteiger partial charge < -0.3 is 35.5 Å². The summed E-state index contributed by atoms with van der Waals surface area (Å²) in [7, 11) is 2.04. The number of H-pyrrole nitrogens is 1. The fourth-order valence-electron chi connectivity index (χ4n) is 4.08. The number of carbonyl (C=O) groups is 2. The normalized spacial score (nSPS) is 16.3. The number of nitrogens with one attached hydrogen (secondary N) is 2. The summed E-state index contributed by atoms with van der Waals surface area (Å²) in [6.45, 7) is 4.90. The highest BCUT2D eigenvalue weighted by atomic mass is 16.1. The number of piperazine rings is 1. The Bertz CT molecular complexity index is 1110. The van der Waals surface area contributed by atoms with E-state index in [1.807, 2.05) is 37.4 Å². The predicted octanol–water partition coefficient (Wildman–Crippen LogP) is 1.81. The lowest BCUT2D eigenvalue weighted by atomic mass is 10.1. The first-order valence-electron chi connectivity index (χ1n) is 10.8. The zero-order valence-electron chi connectivity index (χ0n) is 18.4. The lowest BCUT2D eigenvalue weighted by molar-refractivity contribution is -0.115. The molecule has 2 aromatic heterocycles. The average Bonchev–Trinajstić information content (AvgIpc) is 3.26. The molecule has 1 amide bonds. The van der Waals surface area contributed by atoms with E-state index in [9.17, 15) is 9.59 Å². The standard InChI is InChI=1S/C23H29N7O2/c1-3-28(2)20-5-4-8-25-23(20)29-9-10-30(18(14-29)15-31)21-12-16-11-17(26-22(32)13-24)6-7-19(16)27-21/h4-8,11-12,15,18,27H,3,9-10,13-14,24H2,1-2H3,(H,26,32). The van der Waals surface area contributed by atoms with Gasteiger partial charge in [0, 0.05) is 56.0 Å². The van der Waals surface area contributed by atoms with Gasteiger partial charge in [-0.1, -0.05) is 0 Å². The fourth-order valence-corrected chi connectivity index (χ4v) is 4.08. The summed E-state index contributed by atoms with van der Waals surface area (Å²) >= 11 is 0. The molecule has 9 nitrogen and oxygen atoms in total. The van der Waals surface area contributed by atoms with Crippen molar-refractivity contribution in [2.45, 2.75) is 13.0 Å². The maximum atomic E-state index is 12.0. The molecule has 1 aliphatic heterocycles. The minimum absolute atomic E-state index is 0.0618. The summed E-state index contributed by atoms with van der Waals surface area (Å²) in [5.74, 6) is 1.55. The third-order valence-electron chi connectivity index (χ3n) is 5.91. The van der Waals surface area contributed by atoms with Crippen molar-refractivity contribution in [1.82, 2.24) is 9.97 Å². The summed E-state index contributed by atoms with van der Waals surface area (Å²) in [5.41, 5.74) is 8.08. The van der Waals surface area contributed by atoms with Crippen LogP contribution in [0.25, 0.3) is 10.9 Å². The molecule has 3 aromatic rings. The number of anilines is 4. The van der Waals surface area contributed by atoms with E-state index < -0.39 is 0 Å². The van der Waals surface area contributed by atoms with Crippen molar-refractivity contribution in [2.75, 3.05) is 59.8 Å². The molecule has 4 N–H and O–H groups in total. The van der Waals surface area contributed by atoms with Crippen molar-refractivity contribution in [3.63, 3.8) is 0 Å².